The number of alkyl halides is 3. The highest BCUT2D eigenvalue weighted by Crippen LogP contribution is 2.37. The van der Waals surface area contributed by atoms with Gasteiger partial charge in [-0.25, -0.2) is 4.98 Å². The van der Waals surface area contributed by atoms with E-state index in [1.807, 2.05) is 27.9 Å². The lowest BCUT2D eigenvalue weighted by atomic mass is 9.81. The number of halogens is 3. The van der Waals surface area contributed by atoms with E-state index in [1.54, 1.807) is 6.07 Å². The van der Waals surface area contributed by atoms with Crippen LogP contribution in [-0.2, 0) is 10.9 Å². The Bertz CT molecular complexity index is 517. The van der Waals surface area contributed by atoms with E-state index in [2.05, 4.69) is 9.88 Å². The number of ether oxygens (including phenoxy) is 1. The highest BCUT2D eigenvalue weighted by atomic mass is 19.4. The molecule has 0 bridgehead atoms. The van der Waals surface area contributed by atoms with Crippen molar-refractivity contribution in [2.24, 2.45) is 0 Å². The highest BCUT2D eigenvalue weighted by Gasteiger charge is 2.36. The minimum atomic E-state index is -4.39. The van der Waals surface area contributed by atoms with E-state index in [9.17, 15) is 13.2 Å². The molecular weight excluding hydrogens is 305 g/mol. The van der Waals surface area contributed by atoms with Crippen LogP contribution < -0.4 is 0 Å². The summed E-state index contributed by atoms with van der Waals surface area (Å²) >= 11 is 0. The molecule has 1 saturated carbocycles. The summed E-state index contributed by atoms with van der Waals surface area (Å²) in [5, 5.41) is 0. The number of hydrogen-bond donors (Lipinski definition) is 0. The number of pyridine rings is 1. The van der Waals surface area contributed by atoms with E-state index in [4.69, 9.17) is 4.74 Å². The first-order valence-electron chi connectivity index (χ1n) is 8.04. The van der Waals surface area contributed by atoms with Gasteiger partial charge in [0.25, 0.3) is 0 Å². The monoisotopic (exact) mass is 330 g/mol. The van der Waals surface area contributed by atoms with Crippen molar-refractivity contribution in [3.8, 4) is 0 Å². The molecule has 0 unspecified atom stereocenters. The first-order chi connectivity index (χ1) is 10.7. The molecule has 1 fully saturated rings. The SMILES string of the molecule is CC(C)O[C@H]1CC[C@H](c2cccc(C(F)(F)F)n2)C[C@@H]1N(C)C. The molecule has 130 valence electrons. The number of aromatic nitrogens is 1. The Morgan fingerprint density at radius 3 is 2.48 bits per heavy atom. The van der Waals surface area contributed by atoms with Crippen LogP contribution in [0.5, 0.6) is 0 Å². The largest absolute Gasteiger partial charge is 0.433 e. The average molecular weight is 330 g/mol. The van der Waals surface area contributed by atoms with E-state index in [-0.39, 0.29) is 24.2 Å². The normalized spacial score (nSPS) is 26.0. The van der Waals surface area contributed by atoms with Crippen LogP contribution in [0.25, 0.3) is 0 Å². The molecule has 6 heteroatoms. The minimum Gasteiger partial charge on any atom is -0.374 e. The predicted molar refractivity (Wildman–Crippen MR) is 83.3 cm³/mol. The summed E-state index contributed by atoms with van der Waals surface area (Å²) in [6.07, 6.45) is -1.73. The minimum absolute atomic E-state index is 0.0386. The van der Waals surface area contributed by atoms with Gasteiger partial charge < -0.3 is 9.64 Å². The topological polar surface area (TPSA) is 25.4 Å². The van der Waals surface area contributed by atoms with Gasteiger partial charge in [0, 0.05) is 17.7 Å². The Hall–Kier alpha value is -1.14. The van der Waals surface area contributed by atoms with Crippen LogP contribution in [0, 0.1) is 0 Å². The Labute approximate surface area is 135 Å². The zero-order chi connectivity index (χ0) is 17.2. The van der Waals surface area contributed by atoms with E-state index >= 15 is 0 Å². The third-order valence-corrected chi connectivity index (χ3v) is 4.34. The number of hydrogen-bond acceptors (Lipinski definition) is 3. The Kier molecular flexibility index (Phi) is 5.68. The molecule has 3 nitrogen and oxygen atoms in total. The van der Waals surface area contributed by atoms with Crippen LogP contribution in [0.1, 0.15) is 50.4 Å². The van der Waals surface area contributed by atoms with Gasteiger partial charge in [0.2, 0.25) is 0 Å². The molecule has 0 aromatic carbocycles. The molecule has 23 heavy (non-hydrogen) atoms. The average Bonchev–Trinajstić information content (AvgIpc) is 2.46. The first kappa shape index (κ1) is 18.2. The summed E-state index contributed by atoms with van der Waals surface area (Å²) in [4.78, 5) is 5.97. The standard InChI is InChI=1S/C17H25F3N2O/c1-11(2)23-15-9-8-12(10-14(15)22(3)4)13-6-5-7-16(21-13)17(18,19)20/h5-7,11-12,14-15H,8-10H2,1-4H3/t12-,14-,15-/m0/s1. The van der Waals surface area contributed by atoms with Crippen LogP contribution >= 0.6 is 0 Å². The van der Waals surface area contributed by atoms with Crippen molar-refractivity contribution in [2.75, 3.05) is 14.1 Å². The van der Waals surface area contributed by atoms with Crippen LogP contribution in [0.2, 0.25) is 0 Å². The van der Waals surface area contributed by atoms with Crippen molar-refractivity contribution < 1.29 is 17.9 Å². The second-order valence-corrected chi connectivity index (χ2v) is 6.71. The molecule has 1 aliphatic rings. The third kappa shape index (κ3) is 4.67. The molecule has 0 amide bonds. The van der Waals surface area contributed by atoms with E-state index in [0.717, 1.165) is 25.3 Å². The van der Waals surface area contributed by atoms with Crippen LogP contribution in [0.15, 0.2) is 18.2 Å². The van der Waals surface area contributed by atoms with E-state index in [0.29, 0.717) is 5.69 Å². The smallest absolute Gasteiger partial charge is 0.374 e. The summed E-state index contributed by atoms with van der Waals surface area (Å²) in [6, 6.07) is 4.37. The van der Waals surface area contributed by atoms with Gasteiger partial charge in [0.05, 0.1) is 12.2 Å². The number of nitrogens with zero attached hydrogens (tertiary/aromatic N) is 2. The summed E-state index contributed by atoms with van der Waals surface area (Å²) in [5.41, 5.74) is -0.272. The summed E-state index contributed by atoms with van der Waals surface area (Å²) in [5.74, 6) is 0.0386. The highest BCUT2D eigenvalue weighted by molar-refractivity contribution is 5.18. The summed E-state index contributed by atoms with van der Waals surface area (Å²) in [6.45, 7) is 4.01. The van der Waals surface area contributed by atoms with Gasteiger partial charge in [-0.3, -0.25) is 0 Å². The molecular formula is C17H25F3N2O. The van der Waals surface area contributed by atoms with Crippen molar-refractivity contribution in [3.63, 3.8) is 0 Å². The zero-order valence-corrected chi connectivity index (χ0v) is 14.1. The molecule has 2 rings (SSSR count). The predicted octanol–water partition coefficient (Wildman–Crippen LogP) is 4.09. The maximum Gasteiger partial charge on any atom is 0.433 e. The Morgan fingerprint density at radius 1 is 1.22 bits per heavy atom. The van der Waals surface area contributed by atoms with Crippen molar-refractivity contribution in [2.45, 2.75) is 63.5 Å². The summed E-state index contributed by atoms with van der Waals surface area (Å²) in [7, 11) is 3.98. The molecule has 1 aromatic rings. The lowest BCUT2D eigenvalue weighted by molar-refractivity contribution is -0.141. The lowest BCUT2D eigenvalue weighted by Gasteiger charge is -2.40. The van der Waals surface area contributed by atoms with Crippen LogP contribution in [-0.4, -0.2) is 42.2 Å². The lowest BCUT2D eigenvalue weighted by Crippen LogP contribution is -2.45. The second kappa shape index (κ2) is 7.18. The molecule has 1 aliphatic carbocycles. The fourth-order valence-corrected chi connectivity index (χ4v) is 3.28. The molecule has 0 saturated heterocycles. The van der Waals surface area contributed by atoms with E-state index in [1.165, 1.54) is 6.07 Å². The first-order valence-corrected chi connectivity index (χ1v) is 8.04. The van der Waals surface area contributed by atoms with E-state index < -0.39 is 11.9 Å². The number of likely N-dealkylation sites (N-methyl/N-ethyl adjacent to an activating group) is 1. The zero-order valence-electron chi connectivity index (χ0n) is 14.1. The van der Waals surface area contributed by atoms with Gasteiger partial charge >= 0.3 is 6.18 Å². The fourth-order valence-electron chi connectivity index (χ4n) is 3.28. The van der Waals surface area contributed by atoms with Gasteiger partial charge in [-0.05, 0) is 59.3 Å². The summed E-state index contributed by atoms with van der Waals surface area (Å²) < 4.78 is 44.5. The van der Waals surface area contributed by atoms with Crippen molar-refractivity contribution >= 4 is 0 Å². The van der Waals surface area contributed by atoms with Crippen molar-refractivity contribution in [1.29, 1.82) is 0 Å². The van der Waals surface area contributed by atoms with Crippen LogP contribution in [0.4, 0.5) is 13.2 Å². The Balaban J connectivity index is 2.16. The fraction of sp³-hybridized carbons (Fsp3) is 0.706. The van der Waals surface area contributed by atoms with Gasteiger partial charge in [0.15, 0.2) is 0 Å². The number of rotatable bonds is 4. The molecule has 1 aromatic heterocycles. The van der Waals surface area contributed by atoms with Gasteiger partial charge in [-0.15, -0.1) is 0 Å². The van der Waals surface area contributed by atoms with Crippen LogP contribution in [0.3, 0.4) is 0 Å². The van der Waals surface area contributed by atoms with Gasteiger partial charge in [-0.1, -0.05) is 6.07 Å². The molecule has 0 aliphatic heterocycles. The molecule has 3 atom stereocenters. The molecule has 1 heterocycles. The maximum atomic E-state index is 12.9. The Morgan fingerprint density at radius 2 is 1.91 bits per heavy atom. The molecule has 0 N–H and O–H groups in total. The maximum absolute atomic E-state index is 12.9. The quantitative estimate of drug-likeness (QED) is 0.831. The van der Waals surface area contributed by atoms with Gasteiger partial charge in [0.1, 0.15) is 5.69 Å². The molecule has 0 spiro atoms. The van der Waals surface area contributed by atoms with Crippen molar-refractivity contribution in [3.05, 3.63) is 29.6 Å². The second-order valence-electron chi connectivity index (χ2n) is 6.71. The van der Waals surface area contributed by atoms with Gasteiger partial charge in [-0.2, -0.15) is 13.2 Å². The van der Waals surface area contributed by atoms with Crippen molar-refractivity contribution in [1.82, 2.24) is 9.88 Å². The molecule has 0 radical (unpaired) electrons. The third-order valence-electron chi connectivity index (χ3n) is 4.34.